The van der Waals surface area contributed by atoms with Gasteiger partial charge in [-0.2, -0.15) is 0 Å². The summed E-state index contributed by atoms with van der Waals surface area (Å²) in [6, 6.07) is 8.25. The zero-order chi connectivity index (χ0) is 22.2. The van der Waals surface area contributed by atoms with E-state index in [2.05, 4.69) is 27.5 Å². The molecule has 1 aliphatic heterocycles. The van der Waals surface area contributed by atoms with E-state index in [4.69, 9.17) is 0 Å². The molecular weight excluding hydrogens is 396 g/mol. The Morgan fingerprint density at radius 1 is 1.29 bits per heavy atom. The minimum atomic E-state index is -0.441. The largest absolute Gasteiger partial charge is 0.341 e. The molecule has 1 atom stereocenters. The van der Waals surface area contributed by atoms with Gasteiger partial charge in [0.05, 0.1) is 6.04 Å². The number of imide groups is 1. The first-order valence-corrected chi connectivity index (χ1v) is 9.77. The van der Waals surface area contributed by atoms with Crippen LogP contribution in [0.15, 0.2) is 42.7 Å². The van der Waals surface area contributed by atoms with Gasteiger partial charge in [0.15, 0.2) is 0 Å². The molecule has 0 spiro atoms. The molecule has 1 aliphatic rings. The van der Waals surface area contributed by atoms with Crippen molar-refractivity contribution in [2.75, 3.05) is 7.05 Å². The predicted octanol–water partition coefficient (Wildman–Crippen LogP) is 0.799. The molecular formula is C23H22N4O4. The average molecular weight is 418 g/mol. The number of amides is 3. The molecule has 0 radical (unpaired) electrons. The van der Waals surface area contributed by atoms with Crippen molar-refractivity contribution in [2.45, 2.75) is 32.0 Å². The van der Waals surface area contributed by atoms with Gasteiger partial charge in [-0.15, -0.1) is 0 Å². The van der Waals surface area contributed by atoms with E-state index < -0.39 is 11.9 Å². The van der Waals surface area contributed by atoms with Crippen molar-refractivity contribution in [1.29, 1.82) is 0 Å². The number of hydrogen-bond donors (Lipinski definition) is 2. The summed E-state index contributed by atoms with van der Waals surface area (Å²) in [6.07, 6.45) is 4.68. The third-order valence-electron chi connectivity index (χ3n) is 4.95. The number of nitrogens with zero attached hydrogens (tertiary/aromatic N) is 2. The molecule has 0 aliphatic carbocycles. The van der Waals surface area contributed by atoms with Crippen LogP contribution in [-0.4, -0.2) is 47.0 Å². The van der Waals surface area contributed by atoms with Gasteiger partial charge in [-0.3, -0.25) is 34.4 Å². The topological polar surface area (TPSA) is 108 Å². The molecule has 1 unspecified atom stereocenters. The van der Waals surface area contributed by atoms with Crippen molar-refractivity contribution < 1.29 is 19.2 Å². The number of aldehydes is 1. The highest BCUT2D eigenvalue weighted by molar-refractivity contribution is 6.00. The lowest BCUT2D eigenvalue weighted by molar-refractivity contribution is -0.137. The standard InChI is InChI=1S/C23H22N4O4/c1-27(20-5-7-22(30)26-23(20)31)14-19-12-17(2-4-18(19)15-28)13-25-21(29)6-3-16-8-10-24-11-9-16/h2,4,8-12,15,20H,5,7,13-14H2,1H3,(H,25,29)(H,26,30,31). The number of carbonyl (C=O) groups is 4. The van der Waals surface area contributed by atoms with Gasteiger partial charge in [-0.1, -0.05) is 24.1 Å². The molecule has 8 nitrogen and oxygen atoms in total. The minimum absolute atomic E-state index is 0.248. The summed E-state index contributed by atoms with van der Waals surface area (Å²) in [4.78, 5) is 52.6. The van der Waals surface area contributed by atoms with Crippen LogP contribution in [-0.2, 0) is 27.5 Å². The summed E-state index contributed by atoms with van der Waals surface area (Å²) < 4.78 is 0. The molecule has 1 aromatic carbocycles. The van der Waals surface area contributed by atoms with Crippen LogP contribution in [0.4, 0.5) is 0 Å². The quantitative estimate of drug-likeness (QED) is 0.408. The normalized spacial score (nSPS) is 15.6. The van der Waals surface area contributed by atoms with E-state index in [1.54, 1.807) is 43.7 Å². The molecule has 3 amide bonds. The number of rotatable bonds is 6. The smallest absolute Gasteiger partial charge is 0.296 e. The van der Waals surface area contributed by atoms with Crippen molar-refractivity contribution in [3.05, 3.63) is 65.0 Å². The van der Waals surface area contributed by atoms with Crippen LogP contribution in [0.2, 0.25) is 0 Å². The van der Waals surface area contributed by atoms with Crippen LogP contribution >= 0.6 is 0 Å². The maximum atomic E-state index is 12.1. The molecule has 0 saturated carbocycles. The zero-order valence-corrected chi connectivity index (χ0v) is 17.1. The van der Waals surface area contributed by atoms with E-state index >= 15 is 0 Å². The maximum Gasteiger partial charge on any atom is 0.296 e. The fourth-order valence-electron chi connectivity index (χ4n) is 3.29. The highest BCUT2D eigenvalue weighted by atomic mass is 16.2. The lowest BCUT2D eigenvalue weighted by Gasteiger charge is -2.30. The molecule has 3 rings (SSSR count). The number of hydrogen-bond acceptors (Lipinski definition) is 6. The van der Waals surface area contributed by atoms with Gasteiger partial charge >= 0.3 is 0 Å². The van der Waals surface area contributed by atoms with Gasteiger partial charge in [0, 0.05) is 49.0 Å². The van der Waals surface area contributed by atoms with Crippen LogP contribution in [0.25, 0.3) is 0 Å². The predicted molar refractivity (Wildman–Crippen MR) is 112 cm³/mol. The summed E-state index contributed by atoms with van der Waals surface area (Å²) in [5.74, 6) is 4.27. The van der Waals surface area contributed by atoms with Crippen molar-refractivity contribution in [1.82, 2.24) is 20.5 Å². The number of benzene rings is 1. The monoisotopic (exact) mass is 418 g/mol. The van der Waals surface area contributed by atoms with Crippen LogP contribution in [0.3, 0.4) is 0 Å². The summed E-state index contributed by atoms with van der Waals surface area (Å²) in [5.41, 5.74) is 2.74. The third kappa shape index (κ3) is 6.07. The van der Waals surface area contributed by atoms with Gasteiger partial charge in [0.2, 0.25) is 11.8 Å². The van der Waals surface area contributed by atoms with Gasteiger partial charge in [0.1, 0.15) is 6.29 Å². The summed E-state index contributed by atoms with van der Waals surface area (Å²) in [6.45, 7) is 0.599. The van der Waals surface area contributed by atoms with Crippen molar-refractivity contribution in [2.24, 2.45) is 0 Å². The lowest BCUT2D eigenvalue weighted by Crippen LogP contribution is -2.51. The Kier molecular flexibility index (Phi) is 7.25. The fourth-order valence-corrected chi connectivity index (χ4v) is 3.29. The number of pyridine rings is 1. The average Bonchev–Trinajstić information content (AvgIpc) is 2.77. The fraction of sp³-hybridized carbons (Fsp3) is 0.261. The molecule has 31 heavy (non-hydrogen) atoms. The number of piperidine rings is 1. The maximum absolute atomic E-state index is 12.1. The number of aromatic nitrogens is 1. The molecule has 1 saturated heterocycles. The van der Waals surface area contributed by atoms with E-state index in [0.29, 0.717) is 24.1 Å². The van der Waals surface area contributed by atoms with Crippen LogP contribution < -0.4 is 10.6 Å². The summed E-state index contributed by atoms with van der Waals surface area (Å²) in [7, 11) is 1.78. The van der Waals surface area contributed by atoms with Crippen molar-refractivity contribution in [3.63, 3.8) is 0 Å². The first kappa shape index (κ1) is 21.9. The van der Waals surface area contributed by atoms with E-state index in [1.165, 1.54) is 0 Å². The Labute approximate surface area is 180 Å². The lowest BCUT2D eigenvalue weighted by atomic mass is 10.0. The van der Waals surface area contributed by atoms with E-state index in [1.807, 2.05) is 11.0 Å². The van der Waals surface area contributed by atoms with Crippen LogP contribution in [0, 0.1) is 11.8 Å². The van der Waals surface area contributed by atoms with Gasteiger partial charge in [0.25, 0.3) is 5.91 Å². The highest BCUT2D eigenvalue weighted by Gasteiger charge is 2.29. The van der Waals surface area contributed by atoms with Crippen molar-refractivity contribution in [3.8, 4) is 11.8 Å². The van der Waals surface area contributed by atoms with Gasteiger partial charge < -0.3 is 5.32 Å². The Morgan fingerprint density at radius 3 is 2.77 bits per heavy atom. The number of likely N-dealkylation sites (N-methyl/N-ethyl adjacent to an activating group) is 1. The zero-order valence-electron chi connectivity index (χ0n) is 17.1. The number of nitrogens with one attached hydrogen (secondary N) is 2. The SMILES string of the molecule is CN(Cc1cc(CNC(=O)C#Cc2ccncc2)ccc1C=O)C1CCC(=O)NC1=O. The van der Waals surface area contributed by atoms with E-state index in [0.717, 1.165) is 17.4 Å². The Balaban J connectivity index is 1.64. The Hall–Kier alpha value is -3.83. The third-order valence-corrected chi connectivity index (χ3v) is 4.95. The second-order valence-corrected chi connectivity index (χ2v) is 7.20. The van der Waals surface area contributed by atoms with E-state index in [9.17, 15) is 19.2 Å². The molecule has 0 bridgehead atoms. The molecule has 158 valence electrons. The van der Waals surface area contributed by atoms with Crippen molar-refractivity contribution >= 4 is 24.0 Å². The van der Waals surface area contributed by atoms with Crippen LogP contribution in [0.1, 0.15) is 39.9 Å². The first-order valence-electron chi connectivity index (χ1n) is 9.77. The van der Waals surface area contributed by atoms with Crippen LogP contribution in [0.5, 0.6) is 0 Å². The second-order valence-electron chi connectivity index (χ2n) is 7.20. The van der Waals surface area contributed by atoms with Gasteiger partial charge in [-0.05, 0) is 36.7 Å². The van der Waals surface area contributed by atoms with Gasteiger partial charge in [-0.25, -0.2) is 0 Å². The summed E-state index contributed by atoms with van der Waals surface area (Å²) in [5, 5.41) is 5.07. The molecule has 1 fully saturated rings. The van der Waals surface area contributed by atoms with E-state index in [-0.39, 0.29) is 24.8 Å². The summed E-state index contributed by atoms with van der Waals surface area (Å²) >= 11 is 0. The highest BCUT2D eigenvalue weighted by Crippen LogP contribution is 2.17. The molecule has 8 heteroatoms. The first-order chi connectivity index (χ1) is 15.0. The number of carbonyl (C=O) groups excluding carboxylic acids is 4. The molecule has 2 N–H and O–H groups in total. The molecule has 2 aromatic rings. The second kappa shape index (κ2) is 10.3. The molecule has 2 heterocycles. The Bertz CT molecular complexity index is 1060. The minimum Gasteiger partial charge on any atom is -0.341 e. The molecule has 1 aromatic heterocycles. The Morgan fingerprint density at radius 2 is 2.06 bits per heavy atom.